The summed E-state index contributed by atoms with van der Waals surface area (Å²) < 4.78 is 18.1. The third-order valence-electron chi connectivity index (χ3n) is 2.14. The Morgan fingerprint density at radius 1 is 1.38 bits per heavy atom. The molecule has 0 N–H and O–H groups in total. The molecule has 0 aliphatic heterocycles. The molecule has 82 valence electrons. The lowest BCUT2D eigenvalue weighted by Gasteiger charge is -2.00. The topological polar surface area (TPSA) is 30.2 Å². The summed E-state index contributed by atoms with van der Waals surface area (Å²) in [5.74, 6) is -0.437. The highest BCUT2D eigenvalue weighted by Crippen LogP contribution is 2.17. The summed E-state index contributed by atoms with van der Waals surface area (Å²) in [6, 6.07) is 7.52. The zero-order valence-electron chi connectivity index (χ0n) is 8.24. The van der Waals surface area contributed by atoms with Crippen LogP contribution in [-0.4, -0.2) is 5.78 Å². The summed E-state index contributed by atoms with van der Waals surface area (Å²) in [6.45, 7) is 0. The number of hydrogen-bond donors (Lipinski definition) is 0. The van der Waals surface area contributed by atoms with E-state index in [-0.39, 0.29) is 23.0 Å². The van der Waals surface area contributed by atoms with Crippen molar-refractivity contribution in [2.24, 2.45) is 0 Å². The van der Waals surface area contributed by atoms with Crippen LogP contribution < -0.4 is 0 Å². The Bertz CT molecular complexity index is 506. The van der Waals surface area contributed by atoms with Crippen molar-refractivity contribution in [3.63, 3.8) is 0 Å². The molecule has 1 aromatic heterocycles. The largest absolute Gasteiger partial charge is 0.461 e. The fourth-order valence-corrected chi connectivity index (χ4v) is 1.48. The third kappa shape index (κ3) is 2.31. The number of furan rings is 1. The van der Waals surface area contributed by atoms with Gasteiger partial charge in [-0.25, -0.2) is 4.39 Å². The average Bonchev–Trinajstić information content (AvgIpc) is 2.77. The molecule has 16 heavy (non-hydrogen) atoms. The van der Waals surface area contributed by atoms with Gasteiger partial charge in [-0.15, -0.1) is 0 Å². The molecule has 2 nitrogen and oxygen atoms in total. The summed E-state index contributed by atoms with van der Waals surface area (Å²) in [5, 5.41) is 0.0502. The highest BCUT2D eigenvalue weighted by Gasteiger charge is 2.10. The number of benzene rings is 1. The Kier molecular flexibility index (Phi) is 3.06. The lowest BCUT2D eigenvalue weighted by Crippen LogP contribution is -2.02. The van der Waals surface area contributed by atoms with Crippen LogP contribution in [0.1, 0.15) is 16.1 Å². The second-order valence-electron chi connectivity index (χ2n) is 3.33. The minimum absolute atomic E-state index is 0.0502. The van der Waals surface area contributed by atoms with Crippen molar-refractivity contribution in [3.8, 4) is 0 Å². The molecule has 2 rings (SSSR count). The van der Waals surface area contributed by atoms with Crippen LogP contribution in [0, 0.1) is 5.82 Å². The first kappa shape index (κ1) is 10.9. The van der Waals surface area contributed by atoms with E-state index in [2.05, 4.69) is 0 Å². The van der Waals surface area contributed by atoms with E-state index >= 15 is 0 Å². The maximum Gasteiger partial charge on any atom is 0.202 e. The second-order valence-corrected chi connectivity index (χ2v) is 3.73. The molecule has 0 bridgehead atoms. The summed E-state index contributed by atoms with van der Waals surface area (Å²) >= 11 is 5.54. The molecule has 0 spiro atoms. The van der Waals surface area contributed by atoms with Gasteiger partial charge in [0.1, 0.15) is 5.82 Å². The molecule has 1 heterocycles. The first-order valence-electron chi connectivity index (χ1n) is 4.67. The Labute approximate surface area is 96.6 Å². The van der Waals surface area contributed by atoms with Crippen molar-refractivity contribution in [2.75, 3.05) is 0 Å². The summed E-state index contributed by atoms with van der Waals surface area (Å²) in [5.41, 5.74) is 0.573. The molecule has 1 aromatic carbocycles. The van der Waals surface area contributed by atoms with Crippen LogP contribution in [0.2, 0.25) is 5.02 Å². The van der Waals surface area contributed by atoms with Crippen LogP contribution in [0.5, 0.6) is 0 Å². The fraction of sp³-hybridized carbons (Fsp3) is 0.0833. The van der Waals surface area contributed by atoms with Gasteiger partial charge in [0.25, 0.3) is 0 Å². The molecule has 0 amide bonds. The van der Waals surface area contributed by atoms with Gasteiger partial charge >= 0.3 is 0 Å². The average molecular weight is 239 g/mol. The van der Waals surface area contributed by atoms with Crippen LogP contribution in [0.15, 0.2) is 41.0 Å². The Balaban J connectivity index is 2.15. The minimum Gasteiger partial charge on any atom is -0.461 e. The first-order valence-corrected chi connectivity index (χ1v) is 5.05. The summed E-state index contributed by atoms with van der Waals surface area (Å²) in [7, 11) is 0. The van der Waals surface area contributed by atoms with Crippen LogP contribution >= 0.6 is 11.6 Å². The number of halogens is 2. The predicted octanol–water partition coefficient (Wildman–Crippen LogP) is 3.50. The van der Waals surface area contributed by atoms with E-state index in [1.54, 1.807) is 18.2 Å². The van der Waals surface area contributed by atoms with Gasteiger partial charge in [-0.1, -0.05) is 17.7 Å². The van der Waals surface area contributed by atoms with E-state index in [1.807, 2.05) is 0 Å². The summed E-state index contributed by atoms with van der Waals surface area (Å²) in [6.07, 6.45) is 1.53. The number of carbonyl (C=O) groups is 1. The number of Topliss-reactive ketones (excluding diaryl/α,β-unsaturated/α-hetero) is 1. The third-order valence-corrected chi connectivity index (χ3v) is 2.45. The van der Waals surface area contributed by atoms with Crippen molar-refractivity contribution >= 4 is 17.4 Å². The molecule has 4 heteroatoms. The van der Waals surface area contributed by atoms with E-state index in [1.165, 1.54) is 18.4 Å². The molecule has 0 fully saturated rings. The fourth-order valence-electron chi connectivity index (χ4n) is 1.36. The monoisotopic (exact) mass is 238 g/mol. The van der Waals surface area contributed by atoms with Crippen molar-refractivity contribution in [1.29, 1.82) is 0 Å². The second kappa shape index (κ2) is 4.49. The van der Waals surface area contributed by atoms with Crippen LogP contribution in [0.3, 0.4) is 0 Å². The zero-order chi connectivity index (χ0) is 11.5. The number of ketones is 1. The zero-order valence-corrected chi connectivity index (χ0v) is 9.00. The van der Waals surface area contributed by atoms with Crippen molar-refractivity contribution in [1.82, 2.24) is 0 Å². The molecule has 0 aliphatic carbocycles. The normalized spacial score (nSPS) is 10.4. The van der Waals surface area contributed by atoms with Gasteiger partial charge < -0.3 is 4.42 Å². The van der Waals surface area contributed by atoms with Gasteiger partial charge in [-0.05, 0) is 29.8 Å². The Morgan fingerprint density at radius 2 is 2.19 bits per heavy atom. The maximum atomic E-state index is 13.1. The van der Waals surface area contributed by atoms with Gasteiger partial charge in [0.15, 0.2) is 5.76 Å². The van der Waals surface area contributed by atoms with Gasteiger partial charge in [0.2, 0.25) is 5.78 Å². The molecule has 0 saturated heterocycles. The lowest BCUT2D eigenvalue weighted by molar-refractivity contribution is 0.0966. The standard InChI is InChI=1S/C12H8ClFO2/c13-9-4-3-8(6-10(9)14)7-11(15)12-2-1-5-16-12/h1-6H,7H2. The minimum atomic E-state index is -0.522. The van der Waals surface area contributed by atoms with E-state index in [0.29, 0.717) is 5.56 Å². The van der Waals surface area contributed by atoms with Crippen molar-refractivity contribution < 1.29 is 13.6 Å². The molecule has 0 aliphatic rings. The van der Waals surface area contributed by atoms with Crippen LogP contribution in [0.4, 0.5) is 4.39 Å². The van der Waals surface area contributed by atoms with E-state index < -0.39 is 5.82 Å². The van der Waals surface area contributed by atoms with Crippen molar-refractivity contribution in [2.45, 2.75) is 6.42 Å². The van der Waals surface area contributed by atoms with E-state index in [4.69, 9.17) is 16.0 Å². The van der Waals surface area contributed by atoms with Gasteiger partial charge in [-0.2, -0.15) is 0 Å². The van der Waals surface area contributed by atoms with Crippen molar-refractivity contribution in [3.05, 3.63) is 58.8 Å². The van der Waals surface area contributed by atoms with E-state index in [9.17, 15) is 9.18 Å². The van der Waals surface area contributed by atoms with Crippen LogP contribution in [-0.2, 0) is 6.42 Å². The number of rotatable bonds is 3. The SMILES string of the molecule is O=C(Cc1ccc(Cl)c(F)c1)c1ccco1. The first-order chi connectivity index (χ1) is 7.66. The lowest BCUT2D eigenvalue weighted by atomic mass is 10.1. The molecular weight excluding hydrogens is 231 g/mol. The molecular formula is C12H8ClFO2. The molecule has 2 aromatic rings. The van der Waals surface area contributed by atoms with Gasteiger partial charge in [0, 0.05) is 6.42 Å². The Hall–Kier alpha value is -1.61. The smallest absolute Gasteiger partial charge is 0.202 e. The number of hydrogen-bond acceptors (Lipinski definition) is 2. The van der Waals surface area contributed by atoms with Crippen LogP contribution in [0.25, 0.3) is 0 Å². The summed E-state index contributed by atoms with van der Waals surface area (Å²) in [4.78, 5) is 11.6. The molecule has 0 radical (unpaired) electrons. The predicted molar refractivity (Wildman–Crippen MR) is 58.2 cm³/mol. The van der Waals surface area contributed by atoms with Gasteiger partial charge in [-0.3, -0.25) is 4.79 Å². The number of carbonyl (C=O) groups excluding carboxylic acids is 1. The molecule has 0 unspecified atom stereocenters. The Morgan fingerprint density at radius 3 is 2.81 bits per heavy atom. The molecule has 0 atom stereocenters. The molecule has 0 saturated carbocycles. The highest BCUT2D eigenvalue weighted by atomic mass is 35.5. The van der Waals surface area contributed by atoms with Gasteiger partial charge in [0.05, 0.1) is 11.3 Å². The maximum absolute atomic E-state index is 13.1. The van der Waals surface area contributed by atoms with E-state index in [0.717, 1.165) is 0 Å². The quantitative estimate of drug-likeness (QED) is 0.766. The highest BCUT2D eigenvalue weighted by molar-refractivity contribution is 6.30.